The molecule has 0 saturated carbocycles. The van der Waals surface area contributed by atoms with Gasteiger partial charge in [0.1, 0.15) is 11.3 Å². The summed E-state index contributed by atoms with van der Waals surface area (Å²) in [5, 5.41) is 13.6. The maximum absolute atomic E-state index is 11.0. The Bertz CT molecular complexity index is 547. The number of aryl methyl sites for hydroxylation is 1. The van der Waals surface area contributed by atoms with Gasteiger partial charge in [0.2, 0.25) is 0 Å². The summed E-state index contributed by atoms with van der Waals surface area (Å²) in [4.78, 5) is 15.0. The van der Waals surface area contributed by atoms with Crippen LogP contribution in [0.25, 0.3) is 11.0 Å². The van der Waals surface area contributed by atoms with Crippen LogP contribution >= 0.6 is 0 Å². The molecule has 0 aromatic carbocycles. The number of nitrogens with zero attached hydrogens (tertiary/aromatic N) is 3. The molecule has 16 heavy (non-hydrogen) atoms. The van der Waals surface area contributed by atoms with Crippen molar-refractivity contribution >= 4 is 17.0 Å². The molecule has 2 aromatic heterocycles. The number of aromatic carboxylic acids is 1. The minimum Gasteiger partial charge on any atom is -0.492 e. The van der Waals surface area contributed by atoms with Crippen molar-refractivity contribution < 1.29 is 14.6 Å². The van der Waals surface area contributed by atoms with E-state index in [1.807, 2.05) is 0 Å². The van der Waals surface area contributed by atoms with Gasteiger partial charge in [-0.05, 0) is 6.92 Å². The third-order valence-corrected chi connectivity index (χ3v) is 2.23. The molecule has 84 valence electrons. The Morgan fingerprint density at radius 2 is 2.31 bits per heavy atom. The van der Waals surface area contributed by atoms with Crippen LogP contribution in [-0.2, 0) is 7.05 Å². The van der Waals surface area contributed by atoms with E-state index >= 15 is 0 Å². The van der Waals surface area contributed by atoms with Crippen LogP contribution in [0.2, 0.25) is 0 Å². The van der Waals surface area contributed by atoms with Gasteiger partial charge in [-0.25, -0.2) is 9.78 Å². The highest BCUT2D eigenvalue weighted by Crippen LogP contribution is 2.27. The lowest BCUT2D eigenvalue weighted by Gasteiger charge is -2.07. The van der Waals surface area contributed by atoms with Crippen molar-refractivity contribution in [1.29, 1.82) is 0 Å². The summed E-state index contributed by atoms with van der Waals surface area (Å²) in [6.07, 6.45) is 2.84. The number of aromatic nitrogens is 3. The SMILES string of the molecule is CCOc1c(C(=O)O)cnc2c1cnn2C. The zero-order valence-electron chi connectivity index (χ0n) is 8.97. The summed E-state index contributed by atoms with van der Waals surface area (Å²) in [7, 11) is 1.74. The number of fused-ring (bicyclic) bond motifs is 1. The first-order chi connectivity index (χ1) is 7.65. The largest absolute Gasteiger partial charge is 0.492 e. The minimum absolute atomic E-state index is 0.0577. The third-order valence-electron chi connectivity index (χ3n) is 2.23. The van der Waals surface area contributed by atoms with Gasteiger partial charge < -0.3 is 9.84 Å². The number of rotatable bonds is 3. The van der Waals surface area contributed by atoms with Crippen LogP contribution in [0.3, 0.4) is 0 Å². The molecule has 0 aliphatic rings. The van der Waals surface area contributed by atoms with E-state index in [1.165, 1.54) is 6.20 Å². The number of ether oxygens (including phenoxy) is 1. The molecule has 0 amide bonds. The van der Waals surface area contributed by atoms with Crippen LogP contribution in [0.4, 0.5) is 0 Å². The molecule has 2 rings (SSSR count). The van der Waals surface area contributed by atoms with Gasteiger partial charge in [0.15, 0.2) is 5.65 Å². The number of carboxylic acids is 1. The van der Waals surface area contributed by atoms with E-state index in [-0.39, 0.29) is 5.56 Å². The molecule has 0 spiro atoms. The zero-order chi connectivity index (χ0) is 11.7. The Hall–Kier alpha value is -2.11. The summed E-state index contributed by atoms with van der Waals surface area (Å²) < 4.78 is 6.92. The van der Waals surface area contributed by atoms with Gasteiger partial charge in [-0.2, -0.15) is 5.10 Å². The van der Waals surface area contributed by atoms with Crippen LogP contribution in [-0.4, -0.2) is 32.4 Å². The first-order valence-electron chi connectivity index (χ1n) is 4.82. The fourth-order valence-corrected chi connectivity index (χ4v) is 1.53. The monoisotopic (exact) mass is 221 g/mol. The van der Waals surface area contributed by atoms with Crippen LogP contribution in [0.5, 0.6) is 5.75 Å². The third kappa shape index (κ3) is 1.48. The molecular weight excluding hydrogens is 210 g/mol. The molecule has 6 nitrogen and oxygen atoms in total. The molecular formula is C10H11N3O3. The number of carboxylic acid groups (broad SMARTS) is 1. The van der Waals surface area contributed by atoms with Crippen molar-refractivity contribution in [3.8, 4) is 5.75 Å². The Morgan fingerprint density at radius 3 is 2.94 bits per heavy atom. The van der Waals surface area contributed by atoms with E-state index in [0.29, 0.717) is 23.4 Å². The fraction of sp³-hybridized carbons (Fsp3) is 0.300. The summed E-state index contributed by atoms with van der Waals surface area (Å²) in [5.41, 5.74) is 0.663. The second-order valence-corrected chi connectivity index (χ2v) is 3.24. The summed E-state index contributed by atoms with van der Waals surface area (Å²) in [6.45, 7) is 2.20. The van der Waals surface area contributed by atoms with E-state index in [2.05, 4.69) is 10.1 Å². The highest BCUT2D eigenvalue weighted by molar-refractivity contribution is 5.97. The van der Waals surface area contributed by atoms with Crippen molar-refractivity contribution in [2.45, 2.75) is 6.92 Å². The quantitative estimate of drug-likeness (QED) is 0.838. The second-order valence-electron chi connectivity index (χ2n) is 3.24. The second kappa shape index (κ2) is 3.80. The zero-order valence-corrected chi connectivity index (χ0v) is 8.97. The standard InChI is InChI=1S/C10H11N3O3/c1-3-16-8-6-5-12-13(2)9(6)11-4-7(8)10(14)15/h4-5H,3H2,1-2H3,(H,14,15). The molecule has 0 bridgehead atoms. The predicted octanol–water partition coefficient (Wildman–Crippen LogP) is 1.07. The summed E-state index contributed by atoms with van der Waals surface area (Å²) in [6, 6.07) is 0. The van der Waals surface area contributed by atoms with E-state index < -0.39 is 5.97 Å². The Morgan fingerprint density at radius 1 is 1.56 bits per heavy atom. The van der Waals surface area contributed by atoms with Crippen LogP contribution < -0.4 is 4.74 Å². The number of pyridine rings is 1. The van der Waals surface area contributed by atoms with Crippen LogP contribution in [0.1, 0.15) is 17.3 Å². The number of carbonyl (C=O) groups is 1. The average Bonchev–Trinajstić information content (AvgIpc) is 2.61. The maximum Gasteiger partial charge on any atom is 0.341 e. The highest BCUT2D eigenvalue weighted by Gasteiger charge is 2.17. The summed E-state index contributed by atoms with van der Waals surface area (Å²) in [5.74, 6) is -0.727. The molecule has 6 heteroatoms. The highest BCUT2D eigenvalue weighted by atomic mass is 16.5. The van der Waals surface area contributed by atoms with Crippen LogP contribution in [0.15, 0.2) is 12.4 Å². The first kappa shape index (κ1) is 10.4. The van der Waals surface area contributed by atoms with Crippen molar-refractivity contribution in [2.75, 3.05) is 6.61 Å². The predicted molar refractivity (Wildman–Crippen MR) is 56.6 cm³/mol. The average molecular weight is 221 g/mol. The lowest BCUT2D eigenvalue weighted by molar-refractivity contribution is 0.0692. The lowest BCUT2D eigenvalue weighted by Crippen LogP contribution is -2.04. The summed E-state index contributed by atoms with van der Waals surface area (Å²) >= 11 is 0. The van der Waals surface area contributed by atoms with Gasteiger partial charge in [-0.1, -0.05) is 0 Å². The van der Waals surface area contributed by atoms with Gasteiger partial charge >= 0.3 is 5.97 Å². The van der Waals surface area contributed by atoms with Gasteiger partial charge in [0.05, 0.1) is 18.2 Å². The number of hydrogen-bond donors (Lipinski definition) is 1. The Balaban J connectivity index is 2.73. The molecule has 2 heterocycles. The molecule has 0 fully saturated rings. The molecule has 0 aliphatic heterocycles. The van der Waals surface area contributed by atoms with E-state index in [9.17, 15) is 4.79 Å². The molecule has 0 saturated heterocycles. The van der Waals surface area contributed by atoms with Crippen LogP contribution in [0, 0.1) is 0 Å². The molecule has 0 radical (unpaired) electrons. The van der Waals surface area contributed by atoms with Crippen molar-refractivity contribution in [1.82, 2.24) is 14.8 Å². The van der Waals surface area contributed by atoms with Gasteiger partial charge in [0.25, 0.3) is 0 Å². The van der Waals surface area contributed by atoms with Crippen molar-refractivity contribution in [3.05, 3.63) is 18.0 Å². The van der Waals surface area contributed by atoms with Crippen molar-refractivity contribution in [2.24, 2.45) is 7.05 Å². The van der Waals surface area contributed by atoms with E-state index in [4.69, 9.17) is 9.84 Å². The minimum atomic E-state index is -1.05. The Labute approximate surface area is 91.5 Å². The van der Waals surface area contributed by atoms with E-state index in [1.54, 1.807) is 24.9 Å². The smallest absolute Gasteiger partial charge is 0.341 e. The molecule has 0 atom stereocenters. The molecule has 0 aliphatic carbocycles. The molecule has 2 aromatic rings. The Kier molecular flexibility index (Phi) is 2.47. The van der Waals surface area contributed by atoms with Crippen molar-refractivity contribution in [3.63, 3.8) is 0 Å². The number of hydrogen-bond acceptors (Lipinski definition) is 4. The molecule has 0 unspecified atom stereocenters. The maximum atomic E-state index is 11.0. The first-order valence-corrected chi connectivity index (χ1v) is 4.82. The van der Waals surface area contributed by atoms with E-state index in [0.717, 1.165) is 0 Å². The molecule has 1 N–H and O–H groups in total. The van der Waals surface area contributed by atoms with Gasteiger partial charge in [0, 0.05) is 13.2 Å². The fourth-order valence-electron chi connectivity index (χ4n) is 1.53. The normalized spacial score (nSPS) is 10.6. The topological polar surface area (TPSA) is 77.2 Å². The van der Waals surface area contributed by atoms with Gasteiger partial charge in [-0.3, -0.25) is 4.68 Å². The lowest BCUT2D eigenvalue weighted by atomic mass is 10.2. The van der Waals surface area contributed by atoms with Gasteiger partial charge in [-0.15, -0.1) is 0 Å².